The number of carbonyl (C=O) groups excluding carboxylic acids is 1. The van der Waals surface area contributed by atoms with Gasteiger partial charge in [-0.25, -0.2) is 0 Å². The van der Waals surface area contributed by atoms with E-state index in [0.717, 1.165) is 32.1 Å². The van der Waals surface area contributed by atoms with Crippen LogP contribution in [0, 0.1) is 5.41 Å². The first-order valence-corrected chi connectivity index (χ1v) is 8.60. The largest absolute Gasteiger partial charge is 0.396 e. The van der Waals surface area contributed by atoms with Crippen LogP contribution in [0.25, 0.3) is 0 Å². The Balaban J connectivity index is 1.60. The van der Waals surface area contributed by atoms with Crippen LogP contribution in [0.5, 0.6) is 0 Å². The highest BCUT2D eigenvalue weighted by molar-refractivity contribution is 7.09. The lowest BCUT2D eigenvalue weighted by Crippen LogP contribution is -2.43. The fourth-order valence-electron chi connectivity index (χ4n) is 2.61. The minimum Gasteiger partial charge on any atom is -0.396 e. The van der Waals surface area contributed by atoms with Gasteiger partial charge in [-0.2, -0.15) is 0 Å². The number of aliphatic hydroxyl groups is 1. The minimum atomic E-state index is -0.176. The standard InChI is InChI=1S/C16H25NO3S/c18-13-16(7-9-20-10-8-16)12-17-15(19)6-2-1-4-14-5-3-11-21-14/h3,5,11,18H,1-2,4,6-10,12-13H2,(H,17,19). The Labute approximate surface area is 130 Å². The zero-order chi connectivity index (χ0) is 15.0. The Hall–Kier alpha value is -0.910. The van der Waals surface area contributed by atoms with Gasteiger partial charge in [-0.1, -0.05) is 6.07 Å². The summed E-state index contributed by atoms with van der Waals surface area (Å²) in [6.07, 6.45) is 5.24. The summed E-state index contributed by atoms with van der Waals surface area (Å²) in [6, 6.07) is 4.20. The number of amides is 1. The summed E-state index contributed by atoms with van der Waals surface area (Å²) in [5.41, 5.74) is -0.176. The highest BCUT2D eigenvalue weighted by Crippen LogP contribution is 2.29. The number of aryl methyl sites for hydroxylation is 1. The lowest BCUT2D eigenvalue weighted by atomic mass is 9.81. The van der Waals surface area contributed by atoms with Crippen LogP contribution in [0.1, 0.15) is 37.0 Å². The number of rotatable bonds is 8. The van der Waals surface area contributed by atoms with Crippen LogP contribution in [-0.4, -0.2) is 37.4 Å². The van der Waals surface area contributed by atoms with Gasteiger partial charge < -0.3 is 15.2 Å². The van der Waals surface area contributed by atoms with Crippen molar-refractivity contribution in [1.82, 2.24) is 5.32 Å². The molecule has 4 nitrogen and oxygen atoms in total. The SMILES string of the molecule is O=C(CCCCc1cccs1)NCC1(CO)CCOCC1. The van der Waals surface area contributed by atoms with Gasteiger partial charge in [-0.3, -0.25) is 4.79 Å². The number of hydrogen-bond acceptors (Lipinski definition) is 4. The summed E-state index contributed by atoms with van der Waals surface area (Å²) < 4.78 is 5.33. The lowest BCUT2D eigenvalue weighted by Gasteiger charge is -2.35. The highest BCUT2D eigenvalue weighted by Gasteiger charge is 2.32. The summed E-state index contributed by atoms with van der Waals surface area (Å²) in [5, 5.41) is 14.6. The summed E-state index contributed by atoms with van der Waals surface area (Å²) in [6.45, 7) is 2.04. The topological polar surface area (TPSA) is 58.6 Å². The highest BCUT2D eigenvalue weighted by atomic mass is 32.1. The zero-order valence-electron chi connectivity index (χ0n) is 12.5. The smallest absolute Gasteiger partial charge is 0.220 e. The molecule has 1 fully saturated rings. The first kappa shape index (κ1) is 16.5. The third-order valence-electron chi connectivity index (χ3n) is 4.21. The molecule has 2 rings (SSSR count). The Morgan fingerprint density at radius 2 is 2.19 bits per heavy atom. The van der Waals surface area contributed by atoms with E-state index in [-0.39, 0.29) is 17.9 Å². The quantitative estimate of drug-likeness (QED) is 0.725. The van der Waals surface area contributed by atoms with Crippen molar-refractivity contribution in [3.8, 4) is 0 Å². The average molecular weight is 311 g/mol. The number of ether oxygens (including phenoxy) is 1. The van der Waals surface area contributed by atoms with Crippen molar-refractivity contribution in [2.45, 2.75) is 38.5 Å². The maximum absolute atomic E-state index is 11.9. The molecule has 1 aromatic heterocycles. The third kappa shape index (κ3) is 5.41. The maximum atomic E-state index is 11.9. The molecule has 118 valence electrons. The Kier molecular flexibility index (Phi) is 6.67. The molecule has 5 heteroatoms. The molecular weight excluding hydrogens is 286 g/mol. The Bertz CT molecular complexity index is 413. The number of carbonyl (C=O) groups is 1. The van der Waals surface area contributed by atoms with E-state index in [1.54, 1.807) is 11.3 Å². The normalized spacial score (nSPS) is 17.6. The van der Waals surface area contributed by atoms with E-state index in [1.165, 1.54) is 4.88 Å². The molecule has 1 aliphatic rings. The van der Waals surface area contributed by atoms with E-state index in [2.05, 4.69) is 22.8 Å². The van der Waals surface area contributed by atoms with E-state index < -0.39 is 0 Å². The van der Waals surface area contributed by atoms with Crippen molar-refractivity contribution in [3.63, 3.8) is 0 Å². The molecule has 2 heterocycles. The molecule has 0 aromatic carbocycles. The molecular formula is C16H25NO3S. The summed E-state index contributed by atoms with van der Waals surface area (Å²) in [5.74, 6) is 0.0977. The minimum absolute atomic E-state index is 0.0977. The molecule has 0 unspecified atom stereocenters. The molecule has 1 aliphatic heterocycles. The Morgan fingerprint density at radius 3 is 2.86 bits per heavy atom. The number of aliphatic hydroxyl groups excluding tert-OH is 1. The van der Waals surface area contributed by atoms with Crippen LogP contribution in [0.15, 0.2) is 17.5 Å². The van der Waals surface area contributed by atoms with Gasteiger partial charge in [-0.05, 0) is 43.6 Å². The van der Waals surface area contributed by atoms with E-state index >= 15 is 0 Å². The maximum Gasteiger partial charge on any atom is 0.220 e. The van der Waals surface area contributed by atoms with Crippen LogP contribution in [0.4, 0.5) is 0 Å². The van der Waals surface area contributed by atoms with Gasteiger partial charge in [0.1, 0.15) is 0 Å². The van der Waals surface area contributed by atoms with Crippen LogP contribution in [0.2, 0.25) is 0 Å². The number of thiophene rings is 1. The second kappa shape index (κ2) is 8.51. The first-order valence-electron chi connectivity index (χ1n) is 7.72. The van der Waals surface area contributed by atoms with Crippen molar-refractivity contribution in [2.75, 3.05) is 26.4 Å². The molecule has 0 aliphatic carbocycles. The van der Waals surface area contributed by atoms with Gasteiger partial charge in [0.15, 0.2) is 0 Å². The van der Waals surface area contributed by atoms with Crippen molar-refractivity contribution >= 4 is 17.2 Å². The fraction of sp³-hybridized carbons (Fsp3) is 0.688. The summed E-state index contributed by atoms with van der Waals surface area (Å²) in [7, 11) is 0. The molecule has 0 bridgehead atoms. The van der Waals surface area contributed by atoms with Crippen molar-refractivity contribution in [1.29, 1.82) is 0 Å². The van der Waals surface area contributed by atoms with Crippen molar-refractivity contribution in [2.24, 2.45) is 5.41 Å². The molecule has 0 spiro atoms. The van der Waals surface area contributed by atoms with Crippen molar-refractivity contribution < 1.29 is 14.6 Å². The monoisotopic (exact) mass is 311 g/mol. The average Bonchev–Trinajstić information content (AvgIpc) is 3.04. The predicted octanol–water partition coefficient (Wildman–Crippen LogP) is 2.37. The second-order valence-electron chi connectivity index (χ2n) is 5.83. The van der Waals surface area contributed by atoms with Crippen molar-refractivity contribution in [3.05, 3.63) is 22.4 Å². The van der Waals surface area contributed by atoms with E-state index in [9.17, 15) is 9.90 Å². The molecule has 1 aromatic rings. The third-order valence-corrected chi connectivity index (χ3v) is 5.14. The molecule has 21 heavy (non-hydrogen) atoms. The van der Waals surface area contributed by atoms with Crippen LogP contribution >= 0.6 is 11.3 Å². The van der Waals surface area contributed by atoms with E-state index in [0.29, 0.717) is 26.2 Å². The second-order valence-corrected chi connectivity index (χ2v) is 6.87. The first-order chi connectivity index (χ1) is 10.2. The Morgan fingerprint density at radius 1 is 1.38 bits per heavy atom. The molecule has 2 N–H and O–H groups in total. The van der Waals surface area contributed by atoms with Gasteiger partial charge in [0.2, 0.25) is 5.91 Å². The molecule has 0 saturated carbocycles. The lowest BCUT2D eigenvalue weighted by molar-refractivity contribution is -0.122. The number of nitrogens with one attached hydrogen (secondary N) is 1. The summed E-state index contributed by atoms with van der Waals surface area (Å²) in [4.78, 5) is 13.3. The van der Waals surface area contributed by atoms with Gasteiger partial charge in [-0.15, -0.1) is 11.3 Å². The number of unbranched alkanes of at least 4 members (excludes halogenated alkanes) is 1. The predicted molar refractivity (Wildman–Crippen MR) is 84.5 cm³/mol. The van der Waals surface area contributed by atoms with Crippen LogP contribution in [-0.2, 0) is 16.0 Å². The summed E-state index contributed by atoms with van der Waals surface area (Å²) >= 11 is 1.77. The van der Waals surface area contributed by atoms with E-state index in [4.69, 9.17) is 4.74 Å². The molecule has 1 saturated heterocycles. The van der Waals surface area contributed by atoms with Crippen LogP contribution in [0.3, 0.4) is 0 Å². The van der Waals surface area contributed by atoms with Gasteiger partial charge in [0, 0.05) is 36.5 Å². The van der Waals surface area contributed by atoms with Gasteiger partial charge in [0.25, 0.3) is 0 Å². The zero-order valence-corrected chi connectivity index (χ0v) is 13.3. The number of hydrogen-bond donors (Lipinski definition) is 2. The molecule has 0 radical (unpaired) electrons. The molecule has 1 amide bonds. The van der Waals surface area contributed by atoms with Crippen LogP contribution < -0.4 is 5.32 Å². The van der Waals surface area contributed by atoms with Gasteiger partial charge >= 0.3 is 0 Å². The molecule has 0 atom stereocenters. The van der Waals surface area contributed by atoms with E-state index in [1.807, 2.05) is 0 Å². The van der Waals surface area contributed by atoms with Gasteiger partial charge in [0.05, 0.1) is 6.61 Å². The fourth-order valence-corrected chi connectivity index (χ4v) is 3.36.